The van der Waals surface area contributed by atoms with Crippen molar-refractivity contribution in [3.63, 3.8) is 0 Å². The highest BCUT2D eigenvalue weighted by atomic mass is 35.5. The third-order valence-electron chi connectivity index (χ3n) is 0.661. The predicted molar refractivity (Wildman–Crippen MR) is 42.3 cm³/mol. The fraction of sp³-hybridized carbons (Fsp3) is 1.00. The summed E-state index contributed by atoms with van der Waals surface area (Å²) in [6.45, 7) is 4.14. The van der Waals surface area contributed by atoms with Gasteiger partial charge in [0.05, 0.1) is 18.1 Å². The van der Waals surface area contributed by atoms with Gasteiger partial charge >= 0.3 is 0 Å². The summed E-state index contributed by atoms with van der Waals surface area (Å²) in [5, 5.41) is 0. The minimum Gasteiger partial charge on any atom is -1.00 e. The normalized spacial score (nSPS) is 11.3. The maximum absolute atomic E-state index is 5.74. The van der Waals surface area contributed by atoms with Crippen molar-refractivity contribution in [2.75, 3.05) is 18.3 Å². The summed E-state index contributed by atoms with van der Waals surface area (Å²) in [7, 11) is 0.490. The van der Waals surface area contributed by atoms with Gasteiger partial charge in [-0.25, -0.2) is 0 Å². The highest BCUT2D eigenvalue weighted by molar-refractivity contribution is 7.95. The summed E-state index contributed by atoms with van der Waals surface area (Å²) >= 11 is 0. The molecule has 0 aliphatic heterocycles. The summed E-state index contributed by atoms with van der Waals surface area (Å²) in [5.41, 5.74) is 5.78. The first-order chi connectivity index (χ1) is 3.42. The van der Waals surface area contributed by atoms with E-state index in [2.05, 4.69) is 26.4 Å². The Labute approximate surface area is 67.1 Å². The van der Waals surface area contributed by atoms with Gasteiger partial charge in [-0.1, -0.05) is 0 Å². The quantitative estimate of drug-likeness (QED) is 0.459. The minimum atomic E-state index is 0. The van der Waals surface area contributed by atoms with E-state index in [-0.39, 0.29) is 17.9 Å². The zero-order valence-electron chi connectivity index (χ0n) is 6.57. The molecule has 0 amide bonds. The molecule has 0 unspecified atom stereocenters. The maximum Gasteiger partial charge on any atom is 0.124 e. The first-order valence-electron chi connectivity index (χ1n) is 2.75. The number of rotatable bonds is 2. The second-order valence-electron chi connectivity index (χ2n) is 3.12. The molecule has 0 aliphatic rings. The van der Waals surface area contributed by atoms with Crippen LogP contribution in [0.4, 0.5) is 0 Å². The highest BCUT2D eigenvalue weighted by Crippen LogP contribution is 2.00. The molecule has 1 nitrogen and oxygen atoms in total. The van der Waals surface area contributed by atoms with E-state index in [1.165, 1.54) is 0 Å². The fourth-order valence-electron chi connectivity index (χ4n) is 0.744. The van der Waals surface area contributed by atoms with Crippen molar-refractivity contribution in [3.05, 3.63) is 0 Å². The lowest BCUT2D eigenvalue weighted by molar-refractivity contribution is -0.00000266. The van der Waals surface area contributed by atoms with E-state index in [1.807, 2.05) is 0 Å². The molecule has 2 N–H and O–H groups in total. The zero-order chi connectivity index (χ0) is 6.78. The molecule has 0 aromatic heterocycles. The van der Waals surface area contributed by atoms with Crippen LogP contribution in [0.1, 0.15) is 13.8 Å². The SMILES string of the molecule is C[S+](C)CC(C)(C)N.[Cl-]. The van der Waals surface area contributed by atoms with E-state index in [4.69, 9.17) is 5.73 Å². The van der Waals surface area contributed by atoms with Gasteiger partial charge in [-0.3, -0.25) is 0 Å². The molecule has 3 heteroatoms. The van der Waals surface area contributed by atoms with Crippen molar-refractivity contribution >= 4 is 10.9 Å². The molecular weight excluding hydrogens is 154 g/mol. The molecule has 0 fully saturated rings. The van der Waals surface area contributed by atoms with Crippen LogP contribution in [0.25, 0.3) is 0 Å². The Bertz CT molecular complexity index is 67.9. The van der Waals surface area contributed by atoms with Crippen molar-refractivity contribution in [2.45, 2.75) is 19.4 Å². The molecule has 0 aliphatic carbocycles. The van der Waals surface area contributed by atoms with Gasteiger partial charge in [-0.15, -0.1) is 0 Å². The molecule has 0 atom stereocenters. The lowest BCUT2D eigenvalue weighted by Gasteiger charge is -2.14. The van der Waals surface area contributed by atoms with Gasteiger partial charge in [0.25, 0.3) is 0 Å². The largest absolute Gasteiger partial charge is 1.00 e. The molecule has 58 valence electrons. The van der Waals surface area contributed by atoms with Gasteiger partial charge in [0, 0.05) is 0 Å². The summed E-state index contributed by atoms with van der Waals surface area (Å²) in [6.07, 6.45) is 4.43. The Balaban J connectivity index is 0. The van der Waals surface area contributed by atoms with E-state index >= 15 is 0 Å². The summed E-state index contributed by atoms with van der Waals surface area (Å²) < 4.78 is 0. The molecule has 0 spiro atoms. The number of halogens is 1. The second-order valence-corrected chi connectivity index (χ2v) is 5.38. The Kier molecular flexibility index (Phi) is 6.04. The maximum atomic E-state index is 5.74. The predicted octanol–water partition coefficient (Wildman–Crippen LogP) is -2.39. The van der Waals surface area contributed by atoms with Crippen LogP contribution in [0.15, 0.2) is 0 Å². The lowest BCUT2D eigenvalue weighted by atomic mass is 10.1. The standard InChI is InChI=1S/C6H16NS.ClH/c1-6(2,7)5-8(3)4;/h5,7H2,1-4H3;1H/q+1;/p-1. The number of hydrogen-bond donors (Lipinski definition) is 1. The third kappa shape index (κ3) is 11.9. The molecule has 0 aromatic rings. The summed E-state index contributed by atoms with van der Waals surface area (Å²) in [5.74, 6) is 1.13. The lowest BCUT2D eigenvalue weighted by Crippen LogP contribution is -3.00. The van der Waals surface area contributed by atoms with Crippen LogP contribution in [0.2, 0.25) is 0 Å². The monoisotopic (exact) mass is 169 g/mol. The van der Waals surface area contributed by atoms with Gasteiger partial charge in [0.15, 0.2) is 0 Å². The van der Waals surface area contributed by atoms with E-state index in [1.54, 1.807) is 0 Å². The molecule has 0 rings (SSSR count). The first-order valence-corrected chi connectivity index (χ1v) is 4.96. The molecule has 0 saturated heterocycles. The number of hydrogen-bond acceptors (Lipinski definition) is 1. The van der Waals surface area contributed by atoms with Crippen LogP contribution in [0, 0.1) is 0 Å². The molecule has 0 bridgehead atoms. The van der Waals surface area contributed by atoms with Crippen LogP contribution >= 0.6 is 0 Å². The summed E-state index contributed by atoms with van der Waals surface area (Å²) in [6, 6.07) is 0. The zero-order valence-corrected chi connectivity index (χ0v) is 8.14. The Morgan fingerprint density at radius 3 is 1.67 bits per heavy atom. The van der Waals surface area contributed by atoms with Crippen molar-refractivity contribution in [3.8, 4) is 0 Å². The molecular formula is C6H16ClNS. The average molecular weight is 170 g/mol. The smallest absolute Gasteiger partial charge is 0.124 e. The van der Waals surface area contributed by atoms with Gasteiger partial charge in [-0.2, -0.15) is 0 Å². The van der Waals surface area contributed by atoms with Crippen molar-refractivity contribution in [2.24, 2.45) is 5.73 Å². The topological polar surface area (TPSA) is 26.0 Å². The average Bonchev–Trinajstić information content (AvgIpc) is 1.21. The molecule has 0 heterocycles. The van der Waals surface area contributed by atoms with Crippen LogP contribution < -0.4 is 18.1 Å². The molecule has 0 saturated carbocycles. The van der Waals surface area contributed by atoms with Gasteiger partial charge in [-0.05, 0) is 24.7 Å². The van der Waals surface area contributed by atoms with Crippen LogP contribution in [0.5, 0.6) is 0 Å². The fourth-order valence-corrected chi connectivity index (χ4v) is 2.23. The first kappa shape index (κ1) is 12.3. The third-order valence-corrected chi connectivity index (χ3v) is 1.98. The minimum absolute atomic E-state index is 0. The Hall–Kier alpha value is 0.600. The van der Waals surface area contributed by atoms with E-state index < -0.39 is 0 Å². The Morgan fingerprint density at radius 2 is 1.67 bits per heavy atom. The van der Waals surface area contributed by atoms with Gasteiger partial charge in [0.2, 0.25) is 0 Å². The van der Waals surface area contributed by atoms with E-state index in [9.17, 15) is 0 Å². The van der Waals surface area contributed by atoms with Crippen LogP contribution in [0.3, 0.4) is 0 Å². The van der Waals surface area contributed by atoms with Crippen LogP contribution in [-0.4, -0.2) is 23.8 Å². The van der Waals surface area contributed by atoms with Gasteiger partial charge in [0.1, 0.15) is 5.75 Å². The highest BCUT2D eigenvalue weighted by Gasteiger charge is 2.18. The number of nitrogens with two attached hydrogens (primary N) is 1. The van der Waals surface area contributed by atoms with Crippen LogP contribution in [-0.2, 0) is 10.9 Å². The van der Waals surface area contributed by atoms with Gasteiger partial charge < -0.3 is 18.1 Å². The van der Waals surface area contributed by atoms with Crippen molar-refractivity contribution < 1.29 is 12.4 Å². The van der Waals surface area contributed by atoms with E-state index in [0.29, 0.717) is 10.9 Å². The van der Waals surface area contributed by atoms with Crippen molar-refractivity contribution in [1.29, 1.82) is 0 Å². The van der Waals surface area contributed by atoms with Crippen molar-refractivity contribution in [1.82, 2.24) is 0 Å². The Morgan fingerprint density at radius 1 is 1.33 bits per heavy atom. The molecule has 0 aromatic carbocycles. The summed E-state index contributed by atoms with van der Waals surface area (Å²) in [4.78, 5) is 0. The van der Waals surface area contributed by atoms with E-state index in [0.717, 1.165) is 5.75 Å². The molecule has 9 heavy (non-hydrogen) atoms. The second kappa shape index (κ2) is 4.42. The molecule has 0 radical (unpaired) electrons.